The summed E-state index contributed by atoms with van der Waals surface area (Å²) in [7, 11) is 0. The zero-order chi connectivity index (χ0) is 11.5. The molecule has 0 spiro atoms. The molecule has 0 bridgehead atoms. The number of nitrogens with zero attached hydrogens (tertiary/aromatic N) is 2. The first-order valence-electron chi connectivity index (χ1n) is 6.54. The molecular weight excluding hydrogens is 396 g/mol. The molecule has 2 nitrogen and oxygen atoms in total. The van der Waals surface area contributed by atoms with Crippen LogP contribution in [0.4, 0.5) is 0 Å². The van der Waals surface area contributed by atoms with Crippen LogP contribution in [0.15, 0.2) is 0 Å². The summed E-state index contributed by atoms with van der Waals surface area (Å²) in [5, 5.41) is 0. The van der Waals surface area contributed by atoms with Crippen molar-refractivity contribution in [1.82, 2.24) is 1.97 Å². The summed E-state index contributed by atoms with van der Waals surface area (Å²) < 4.78 is 5.57. The Hall–Kier alpha value is 1.75. The number of hydrogen-bond donors (Lipinski definition) is 0. The molecule has 0 rings (SSSR count). The normalized spacial score (nSPS) is 10.6. The molecular formula is C12H29BrN2Nd. The summed E-state index contributed by atoms with van der Waals surface area (Å²) in [5.41, 5.74) is 0. The fourth-order valence-electron chi connectivity index (χ4n) is 1.70. The maximum absolute atomic E-state index is 2.78. The summed E-state index contributed by atoms with van der Waals surface area (Å²) in [6.07, 6.45) is 5.27. The van der Waals surface area contributed by atoms with Gasteiger partial charge in [-0.25, -0.2) is 0 Å². The van der Waals surface area contributed by atoms with Gasteiger partial charge in [0.25, 0.3) is 0 Å². The van der Waals surface area contributed by atoms with Crippen molar-refractivity contribution in [1.29, 1.82) is 0 Å². The summed E-state index contributed by atoms with van der Waals surface area (Å²) in [6.45, 7) is 14.5. The van der Waals surface area contributed by atoms with Crippen molar-refractivity contribution in [3.63, 3.8) is 0 Å². The van der Waals surface area contributed by atoms with Gasteiger partial charge in [-0.05, 0) is 0 Å². The van der Waals surface area contributed by atoms with E-state index in [0.29, 0.717) is 0 Å². The third kappa shape index (κ3) is 10.9. The second-order valence-electron chi connectivity index (χ2n) is 4.07. The Morgan fingerprint density at radius 1 is 0.625 bits per heavy atom. The van der Waals surface area contributed by atoms with Gasteiger partial charge in [-0.3, -0.25) is 0 Å². The molecule has 0 unspecified atom stereocenters. The Morgan fingerprint density at radius 3 is 1.06 bits per heavy atom. The van der Waals surface area contributed by atoms with Gasteiger partial charge in [0, 0.05) is 0 Å². The van der Waals surface area contributed by atoms with Gasteiger partial charge < -0.3 is 0 Å². The summed E-state index contributed by atoms with van der Waals surface area (Å²) in [6, 6.07) is 0. The van der Waals surface area contributed by atoms with Gasteiger partial charge in [0.05, 0.1) is 0 Å². The molecule has 0 heterocycles. The van der Waals surface area contributed by atoms with Crippen molar-refractivity contribution in [3.8, 4) is 0 Å². The van der Waals surface area contributed by atoms with E-state index >= 15 is 0 Å². The Morgan fingerprint density at radius 2 is 0.875 bits per heavy atom. The minimum absolute atomic E-state index is 0. The predicted octanol–water partition coefficient (Wildman–Crippen LogP) is 3.72. The molecule has 0 aliphatic carbocycles. The topological polar surface area (TPSA) is 6.48 Å². The molecule has 0 aliphatic heterocycles. The first-order valence-corrected chi connectivity index (χ1v) is 9.41. The number of halogens is 1. The molecule has 0 aliphatic rings. The Labute approximate surface area is 134 Å². The fraction of sp³-hybridized carbons (Fsp3) is 1.00. The maximum atomic E-state index is 2.78. The van der Waals surface area contributed by atoms with Gasteiger partial charge in [-0.2, -0.15) is 0 Å². The van der Waals surface area contributed by atoms with E-state index in [1.54, 1.807) is 0 Å². The first kappa shape index (κ1) is 20.1. The van der Waals surface area contributed by atoms with Crippen LogP contribution in [-0.2, 0) is 0 Å². The average molecular weight is 426 g/mol. The van der Waals surface area contributed by atoms with Crippen molar-refractivity contribution < 1.29 is 37.5 Å². The first-order chi connectivity index (χ1) is 7.28. The van der Waals surface area contributed by atoms with Crippen molar-refractivity contribution in [3.05, 3.63) is 0 Å². The van der Waals surface area contributed by atoms with Gasteiger partial charge in [0.1, 0.15) is 0 Å². The van der Waals surface area contributed by atoms with E-state index < -0.39 is 37.5 Å². The Bertz CT molecular complexity index is 110. The molecule has 0 radical (unpaired) electrons. The molecule has 0 aromatic rings. The molecule has 0 atom stereocenters. The van der Waals surface area contributed by atoms with E-state index in [4.69, 9.17) is 0 Å². The molecule has 4 heteroatoms. The van der Waals surface area contributed by atoms with E-state index in [0.717, 1.165) is 0 Å². The van der Waals surface area contributed by atoms with E-state index in [1.807, 2.05) is 0 Å². The van der Waals surface area contributed by atoms with Gasteiger partial charge in [0.2, 0.25) is 0 Å². The van der Waals surface area contributed by atoms with Gasteiger partial charge >= 0.3 is 119 Å². The Kier molecular flexibility index (Phi) is 18.6. The van der Waals surface area contributed by atoms with Crippen LogP contribution in [0.1, 0.15) is 53.4 Å². The zero-order valence-electron chi connectivity index (χ0n) is 11.5. The number of rotatable bonds is 10. The SMILES string of the molecule is Br.CCC[N](CCC)[Nd][N](CCC)CCC. The van der Waals surface area contributed by atoms with Crippen molar-refractivity contribution in [2.24, 2.45) is 0 Å². The van der Waals surface area contributed by atoms with E-state index in [9.17, 15) is 0 Å². The van der Waals surface area contributed by atoms with Gasteiger partial charge in [0.15, 0.2) is 0 Å². The summed E-state index contributed by atoms with van der Waals surface area (Å²) >= 11 is -0.661. The van der Waals surface area contributed by atoms with Crippen LogP contribution < -0.4 is 0 Å². The van der Waals surface area contributed by atoms with E-state index in [-0.39, 0.29) is 17.0 Å². The average Bonchev–Trinajstić information content (AvgIpc) is 2.19. The van der Waals surface area contributed by atoms with Crippen LogP contribution in [0, 0.1) is 37.5 Å². The molecule has 98 valence electrons. The van der Waals surface area contributed by atoms with Crippen molar-refractivity contribution in [2.75, 3.05) is 26.2 Å². The van der Waals surface area contributed by atoms with Crippen molar-refractivity contribution >= 4 is 17.0 Å². The number of hydrogen-bond acceptors (Lipinski definition) is 2. The summed E-state index contributed by atoms with van der Waals surface area (Å²) in [4.78, 5) is 0. The van der Waals surface area contributed by atoms with Crippen LogP contribution in [0.5, 0.6) is 0 Å². The molecule has 0 amide bonds. The minimum atomic E-state index is -0.661. The molecule has 0 N–H and O–H groups in total. The van der Waals surface area contributed by atoms with E-state index in [1.165, 1.54) is 51.9 Å². The third-order valence-corrected chi connectivity index (χ3v) is 6.94. The third-order valence-electron chi connectivity index (χ3n) is 2.26. The fourth-order valence-corrected chi connectivity index (χ4v) is 7.14. The standard InChI is InChI=1S/2C6H14N.BrH.Nd/c2*1-3-5-7-6-4-2;;/h2*3-6H2,1-2H3;1H;/q2*-1;;+2. The van der Waals surface area contributed by atoms with E-state index in [2.05, 4.69) is 29.7 Å². The predicted molar refractivity (Wildman–Crippen MR) is 74.6 cm³/mol. The Balaban J connectivity index is 0. The van der Waals surface area contributed by atoms with Crippen LogP contribution in [0.3, 0.4) is 0 Å². The quantitative estimate of drug-likeness (QED) is 0.526. The monoisotopic (exact) mass is 422 g/mol. The molecule has 0 fully saturated rings. The zero-order valence-corrected chi connectivity index (χ0v) is 16.4. The molecule has 0 saturated heterocycles. The molecule has 0 saturated carbocycles. The van der Waals surface area contributed by atoms with Crippen LogP contribution in [0.25, 0.3) is 0 Å². The van der Waals surface area contributed by atoms with Crippen molar-refractivity contribution in [2.45, 2.75) is 53.4 Å². The summed E-state index contributed by atoms with van der Waals surface area (Å²) in [5.74, 6) is 0. The molecule has 16 heavy (non-hydrogen) atoms. The van der Waals surface area contributed by atoms with Crippen LogP contribution >= 0.6 is 17.0 Å². The molecule has 0 aromatic carbocycles. The van der Waals surface area contributed by atoms with Gasteiger partial charge in [-0.15, -0.1) is 17.0 Å². The second kappa shape index (κ2) is 14.8. The van der Waals surface area contributed by atoms with Crippen LogP contribution in [0.2, 0.25) is 0 Å². The molecule has 0 aromatic heterocycles. The second-order valence-corrected chi connectivity index (χ2v) is 8.77. The van der Waals surface area contributed by atoms with Crippen LogP contribution in [-0.4, -0.2) is 28.1 Å². The van der Waals surface area contributed by atoms with Gasteiger partial charge in [-0.1, -0.05) is 0 Å².